The van der Waals surface area contributed by atoms with Gasteiger partial charge in [-0.15, -0.1) is 0 Å². The molecular weight excluding hydrogens is 175 g/mol. The Balaban J connectivity index is 0.00000121. The third-order valence-electron chi connectivity index (χ3n) is 1.65. The summed E-state index contributed by atoms with van der Waals surface area (Å²) in [5.41, 5.74) is 0. The largest absolute Gasteiger partial charge is 1.00 e. The van der Waals surface area contributed by atoms with Gasteiger partial charge in [-0.3, -0.25) is 0 Å². The zero-order chi connectivity index (χ0) is 8.43. The molecule has 0 aromatic rings. The van der Waals surface area contributed by atoms with E-state index in [1.165, 1.54) is 0 Å². The maximum atomic E-state index is 9.09. The van der Waals surface area contributed by atoms with E-state index in [4.69, 9.17) is 20.4 Å². The molecule has 4 N–H and O–H groups in total. The fourth-order valence-electron chi connectivity index (χ4n) is 0.915. The Bertz CT molecular complexity index is 131. The molecule has 0 spiro atoms. The van der Waals surface area contributed by atoms with Crippen LogP contribution in [0.4, 0.5) is 0 Å². The second kappa shape index (κ2) is 5.51. The van der Waals surface area contributed by atoms with Crippen LogP contribution in [0.3, 0.4) is 0 Å². The van der Waals surface area contributed by atoms with Gasteiger partial charge < -0.3 is 25.2 Å². The van der Waals surface area contributed by atoms with E-state index in [2.05, 4.69) is 4.74 Å². The summed E-state index contributed by atoms with van der Waals surface area (Å²) < 4.78 is 4.69. The van der Waals surface area contributed by atoms with Gasteiger partial charge in [-0.05, 0) is 6.10 Å². The minimum absolute atomic E-state index is 0. The number of aliphatic hydroxyl groups is 4. The van der Waals surface area contributed by atoms with E-state index in [1.54, 1.807) is 0 Å². The number of aliphatic hydroxyl groups excluding tert-OH is 4. The smallest absolute Gasteiger partial charge is 0.544 e. The third kappa shape index (κ3) is 2.65. The van der Waals surface area contributed by atoms with Crippen molar-refractivity contribution in [3.8, 4) is 0 Å². The van der Waals surface area contributed by atoms with Gasteiger partial charge in [-0.1, -0.05) is 0 Å². The van der Waals surface area contributed by atoms with Gasteiger partial charge >= 0.3 is 29.6 Å². The van der Waals surface area contributed by atoms with Crippen molar-refractivity contribution in [2.24, 2.45) is 0 Å². The molecule has 1 aliphatic heterocycles. The Morgan fingerprint density at radius 2 is 1.75 bits per heavy atom. The van der Waals surface area contributed by atoms with Gasteiger partial charge in [0.25, 0.3) is 0 Å². The minimum Gasteiger partial charge on any atom is -0.544 e. The van der Waals surface area contributed by atoms with Crippen LogP contribution in [0.5, 0.6) is 0 Å². The molecule has 1 rings (SSSR count). The van der Waals surface area contributed by atoms with Crippen LogP contribution < -0.4 is 29.6 Å². The topological polar surface area (TPSA) is 90.2 Å². The van der Waals surface area contributed by atoms with E-state index in [0.29, 0.717) is 0 Å². The molecule has 1 heterocycles. The SMILES string of the molecule is OC[C@H]1O[CH-][C@H](O)[C@@H](O)[C@@H]1O.[Na+]. The van der Waals surface area contributed by atoms with Gasteiger partial charge in [-0.25, -0.2) is 0 Å². The number of hydrogen-bond acceptors (Lipinski definition) is 5. The number of rotatable bonds is 1. The molecule has 0 bridgehead atoms. The molecule has 66 valence electrons. The minimum atomic E-state index is -1.28. The Kier molecular flexibility index (Phi) is 5.88. The van der Waals surface area contributed by atoms with Gasteiger partial charge in [0.2, 0.25) is 0 Å². The molecule has 0 amide bonds. The van der Waals surface area contributed by atoms with Crippen LogP contribution in [-0.4, -0.2) is 51.4 Å². The average Bonchev–Trinajstić information content (AvgIpc) is 2.01. The molecule has 0 aromatic carbocycles. The van der Waals surface area contributed by atoms with Crippen LogP contribution in [-0.2, 0) is 4.74 Å². The number of ether oxygens (including phenoxy) is 1. The number of hydrogen-bond donors (Lipinski definition) is 4. The summed E-state index contributed by atoms with van der Waals surface area (Å²) in [4.78, 5) is 0. The van der Waals surface area contributed by atoms with Crippen molar-refractivity contribution < 1.29 is 54.7 Å². The second-order valence-corrected chi connectivity index (χ2v) is 2.46. The fraction of sp³-hybridized carbons (Fsp3) is 0.833. The zero-order valence-electron chi connectivity index (χ0n) is 6.79. The first kappa shape index (κ1) is 12.8. The van der Waals surface area contributed by atoms with E-state index in [0.717, 1.165) is 6.61 Å². The van der Waals surface area contributed by atoms with E-state index >= 15 is 0 Å². The first-order valence-electron chi connectivity index (χ1n) is 3.30. The predicted octanol–water partition coefficient (Wildman–Crippen LogP) is -5.37. The first-order chi connectivity index (χ1) is 5.16. The van der Waals surface area contributed by atoms with E-state index in [-0.39, 0.29) is 36.2 Å². The van der Waals surface area contributed by atoms with Crippen LogP contribution in [0.15, 0.2) is 0 Å². The summed E-state index contributed by atoms with van der Waals surface area (Å²) in [6.07, 6.45) is -4.54. The molecule has 1 saturated heterocycles. The second-order valence-electron chi connectivity index (χ2n) is 2.46. The van der Waals surface area contributed by atoms with Crippen LogP contribution in [0.25, 0.3) is 0 Å². The van der Waals surface area contributed by atoms with Gasteiger partial charge in [0.05, 0.1) is 18.8 Å². The molecule has 1 aliphatic rings. The van der Waals surface area contributed by atoms with Gasteiger partial charge in [0, 0.05) is 0 Å². The molecule has 0 radical (unpaired) electrons. The molecule has 0 aliphatic carbocycles. The summed E-state index contributed by atoms with van der Waals surface area (Å²) in [6.45, 7) is 0.611. The van der Waals surface area contributed by atoms with Gasteiger partial charge in [-0.2, -0.15) is 6.61 Å². The quantitative estimate of drug-likeness (QED) is 0.242. The van der Waals surface area contributed by atoms with Crippen molar-refractivity contribution >= 4 is 0 Å². The first-order valence-corrected chi connectivity index (χ1v) is 3.30. The molecule has 0 saturated carbocycles. The van der Waals surface area contributed by atoms with Crippen LogP contribution in [0.2, 0.25) is 0 Å². The maximum absolute atomic E-state index is 9.09. The van der Waals surface area contributed by atoms with Crippen molar-refractivity contribution in [3.63, 3.8) is 0 Å². The molecule has 0 aromatic heterocycles. The molecule has 5 nitrogen and oxygen atoms in total. The fourth-order valence-corrected chi connectivity index (χ4v) is 0.915. The molecular formula is C6H11NaO5. The van der Waals surface area contributed by atoms with E-state index in [9.17, 15) is 0 Å². The maximum Gasteiger partial charge on any atom is 1.00 e. The summed E-state index contributed by atoms with van der Waals surface area (Å²) in [6, 6.07) is 0. The monoisotopic (exact) mass is 186 g/mol. The van der Waals surface area contributed by atoms with Crippen molar-refractivity contribution in [1.82, 2.24) is 0 Å². The molecule has 4 atom stereocenters. The van der Waals surface area contributed by atoms with Crippen molar-refractivity contribution in [1.29, 1.82) is 0 Å². The molecule has 1 fully saturated rings. The predicted molar refractivity (Wildman–Crippen MR) is 34.3 cm³/mol. The summed E-state index contributed by atoms with van der Waals surface area (Å²) >= 11 is 0. The summed E-state index contributed by atoms with van der Waals surface area (Å²) in [5, 5.41) is 35.6. The summed E-state index contributed by atoms with van der Waals surface area (Å²) in [5.74, 6) is 0. The Hall–Kier alpha value is 0.800. The third-order valence-corrected chi connectivity index (χ3v) is 1.65. The van der Waals surface area contributed by atoms with Gasteiger partial charge in [0.1, 0.15) is 6.10 Å². The Morgan fingerprint density at radius 1 is 1.17 bits per heavy atom. The van der Waals surface area contributed by atoms with Crippen LogP contribution in [0.1, 0.15) is 0 Å². The van der Waals surface area contributed by atoms with Crippen LogP contribution >= 0.6 is 0 Å². The van der Waals surface area contributed by atoms with Gasteiger partial charge in [0.15, 0.2) is 0 Å². The van der Waals surface area contributed by atoms with E-state index < -0.39 is 24.4 Å². The molecule has 12 heavy (non-hydrogen) atoms. The van der Waals surface area contributed by atoms with Crippen LogP contribution in [0, 0.1) is 6.61 Å². The van der Waals surface area contributed by atoms with Crippen molar-refractivity contribution in [3.05, 3.63) is 6.61 Å². The Morgan fingerprint density at radius 3 is 2.25 bits per heavy atom. The molecule has 0 unspecified atom stereocenters. The summed E-state index contributed by atoms with van der Waals surface area (Å²) in [7, 11) is 0. The normalized spacial score (nSPS) is 42.0. The van der Waals surface area contributed by atoms with Crippen molar-refractivity contribution in [2.75, 3.05) is 6.61 Å². The standard InChI is InChI=1S/C6H11O5.Na/c7-1-4-6(10)5(9)3(8)2-11-4;/h2-10H,1H2;/q-1;+1/t3-,4+,5+,6+;/m0./s1. The molecule has 6 heteroatoms. The Labute approximate surface area is 92.3 Å². The zero-order valence-corrected chi connectivity index (χ0v) is 8.79. The van der Waals surface area contributed by atoms with E-state index in [1.807, 2.05) is 0 Å². The average molecular weight is 186 g/mol. The van der Waals surface area contributed by atoms with Crippen molar-refractivity contribution in [2.45, 2.75) is 24.4 Å².